The normalized spacial score (nSPS) is 15.1. The minimum absolute atomic E-state index is 0.0582. The Morgan fingerprint density at radius 2 is 1.65 bits per heavy atom. The molecule has 1 aliphatic heterocycles. The fraction of sp³-hybridized carbons (Fsp3) is 0.636. The van der Waals surface area contributed by atoms with E-state index in [-0.39, 0.29) is 17.8 Å². The molecule has 1 aliphatic rings. The molecule has 0 atom stereocenters. The maximum atomic E-state index is 12.6. The highest BCUT2D eigenvalue weighted by atomic mass is 16.5. The second-order valence-electron chi connectivity index (χ2n) is 7.20. The van der Waals surface area contributed by atoms with E-state index >= 15 is 0 Å². The van der Waals surface area contributed by atoms with Crippen LogP contribution in [0, 0.1) is 5.92 Å². The number of aryl methyl sites for hydroxylation is 1. The van der Waals surface area contributed by atoms with Crippen molar-refractivity contribution in [3.8, 4) is 0 Å². The summed E-state index contributed by atoms with van der Waals surface area (Å²) in [6.45, 7) is 6.09. The van der Waals surface area contributed by atoms with Gasteiger partial charge in [0.25, 0.3) is 5.91 Å². The van der Waals surface area contributed by atoms with E-state index in [1.54, 1.807) is 0 Å². The van der Waals surface area contributed by atoms with Crippen LogP contribution in [0.4, 0.5) is 0 Å². The Morgan fingerprint density at radius 1 is 1.00 bits per heavy atom. The molecule has 0 bridgehead atoms. The molecule has 1 fully saturated rings. The Morgan fingerprint density at radius 3 is 2.27 bits per heavy atom. The predicted octanol–water partition coefficient (Wildman–Crippen LogP) is 4.61. The largest absolute Gasteiger partial charge is 0.465 e. The lowest BCUT2D eigenvalue weighted by Crippen LogP contribution is -2.40. The van der Waals surface area contributed by atoms with Gasteiger partial charge in [0.2, 0.25) is 0 Å². The number of piperidine rings is 1. The van der Waals surface area contributed by atoms with Gasteiger partial charge >= 0.3 is 5.97 Å². The van der Waals surface area contributed by atoms with E-state index in [4.69, 9.17) is 4.74 Å². The molecule has 0 aromatic heterocycles. The van der Waals surface area contributed by atoms with Crippen LogP contribution in [0.25, 0.3) is 0 Å². The zero-order chi connectivity index (χ0) is 18.8. The number of nitrogens with zero attached hydrogens (tertiary/aromatic N) is 1. The average Bonchev–Trinajstić information content (AvgIpc) is 2.70. The van der Waals surface area contributed by atoms with Crippen molar-refractivity contribution < 1.29 is 14.3 Å². The average molecular weight is 360 g/mol. The molecule has 26 heavy (non-hydrogen) atoms. The maximum absolute atomic E-state index is 12.6. The Labute approximate surface area is 157 Å². The third-order valence-electron chi connectivity index (χ3n) is 5.22. The van der Waals surface area contributed by atoms with Gasteiger partial charge in [0.1, 0.15) is 0 Å². The number of unbranched alkanes of at least 4 members (excludes halogenated alkanes) is 4. The van der Waals surface area contributed by atoms with Crippen molar-refractivity contribution in [1.29, 1.82) is 0 Å². The van der Waals surface area contributed by atoms with Gasteiger partial charge in [-0.25, -0.2) is 0 Å². The van der Waals surface area contributed by atoms with Crippen molar-refractivity contribution in [2.45, 2.75) is 65.2 Å². The van der Waals surface area contributed by atoms with E-state index in [0.717, 1.165) is 24.8 Å². The SMILES string of the molecule is CCCCCCCOC(=O)C1CCN(C(=O)c2ccc(CC)cc2)CC1. The van der Waals surface area contributed by atoms with Crippen LogP contribution >= 0.6 is 0 Å². The number of rotatable bonds is 9. The molecule has 1 heterocycles. The molecule has 0 aliphatic carbocycles. The summed E-state index contributed by atoms with van der Waals surface area (Å²) in [5, 5.41) is 0. The number of benzene rings is 1. The third-order valence-corrected chi connectivity index (χ3v) is 5.22. The summed E-state index contributed by atoms with van der Waals surface area (Å²) >= 11 is 0. The number of hydrogen-bond donors (Lipinski definition) is 0. The molecule has 4 nitrogen and oxygen atoms in total. The van der Waals surface area contributed by atoms with Gasteiger partial charge in [-0.3, -0.25) is 9.59 Å². The minimum atomic E-state index is -0.0834. The van der Waals surface area contributed by atoms with Crippen LogP contribution in [-0.4, -0.2) is 36.5 Å². The first-order valence-electron chi connectivity index (χ1n) is 10.2. The summed E-state index contributed by atoms with van der Waals surface area (Å²) in [7, 11) is 0. The number of carbonyl (C=O) groups is 2. The molecule has 1 aromatic carbocycles. The zero-order valence-corrected chi connectivity index (χ0v) is 16.3. The summed E-state index contributed by atoms with van der Waals surface area (Å²) < 4.78 is 5.43. The molecule has 0 N–H and O–H groups in total. The van der Waals surface area contributed by atoms with Gasteiger partial charge in [0.15, 0.2) is 0 Å². The van der Waals surface area contributed by atoms with Crippen LogP contribution in [0.5, 0.6) is 0 Å². The topological polar surface area (TPSA) is 46.6 Å². The molecule has 1 amide bonds. The van der Waals surface area contributed by atoms with E-state index in [9.17, 15) is 9.59 Å². The van der Waals surface area contributed by atoms with E-state index in [1.807, 2.05) is 29.2 Å². The highest BCUT2D eigenvalue weighted by Gasteiger charge is 2.28. The molecule has 1 saturated heterocycles. The fourth-order valence-corrected chi connectivity index (χ4v) is 3.38. The number of hydrogen-bond acceptors (Lipinski definition) is 3. The Balaban J connectivity index is 1.70. The number of amides is 1. The van der Waals surface area contributed by atoms with Crippen molar-refractivity contribution >= 4 is 11.9 Å². The number of likely N-dealkylation sites (tertiary alicyclic amines) is 1. The van der Waals surface area contributed by atoms with Crippen molar-refractivity contribution in [3.63, 3.8) is 0 Å². The highest BCUT2D eigenvalue weighted by molar-refractivity contribution is 5.94. The summed E-state index contributed by atoms with van der Waals surface area (Å²) in [6, 6.07) is 7.83. The first-order valence-corrected chi connectivity index (χ1v) is 10.2. The first kappa shape index (κ1) is 20.5. The van der Waals surface area contributed by atoms with Gasteiger partial charge < -0.3 is 9.64 Å². The molecule has 0 radical (unpaired) electrons. The van der Waals surface area contributed by atoms with Crippen LogP contribution < -0.4 is 0 Å². The molecule has 0 spiro atoms. The van der Waals surface area contributed by atoms with E-state index in [1.165, 1.54) is 24.8 Å². The van der Waals surface area contributed by atoms with Crippen molar-refractivity contribution in [2.24, 2.45) is 5.92 Å². The van der Waals surface area contributed by atoms with Crippen LogP contribution in [0.15, 0.2) is 24.3 Å². The monoisotopic (exact) mass is 359 g/mol. The van der Waals surface area contributed by atoms with E-state index in [0.29, 0.717) is 32.5 Å². The standard InChI is InChI=1S/C22H33NO3/c1-3-5-6-7-8-17-26-22(25)20-13-15-23(16-14-20)21(24)19-11-9-18(4-2)10-12-19/h9-12,20H,3-8,13-17H2,1-2H3. The number of esters is 1. The molecule has 0 saturated carbocycles. The predicted molar refractivity (Wildman–Crippen MR) is 104 cm³/mol. The Hall–Kier alpha value is -1.84. The van der Waals surface area contributed by atoms with Gasteiger partial charge in [0, 0.05) is 18.7 Å². The zero-order valence-electron chi connectivity index (χ0n) is 16.3. The fourth-order valence-electron chi connectivity index (χ4n) is 3.38. The van der Waals surface area contributed by atoms with Gasteiger partial charge in [-0.1, -0.05) is 51.7 Å². The third kappa shape index (κ3) is 6.15. The lowest BCUT2D eigenvalue weighted by atomic mass is 9.96. The van der Waals surface area contributed by atoms with Crippen molar-refractivity contribution in [1.82, 2.24) is 4.90 Å². The van der Waals surface area contributed by atoms with Gasteiger partial charge in [-0.15, -0.1) is 0 Å². The van der Waals surface area contributed by atoms with E-state index < -0.39 is 0 Å². The second-order valence-corrected chi connectivity index (χ2v) is 7.20. The smallest absolute Gasteiger partial charge is 0.309 e. The lowest BCUT2D eigenvalue weighted by molar-refractivity contribution is -0.150. The Bertz CT molecular complexity index is 559. The van der Waals surface area contributed by atoms with E-state index in [2.05, 4.69) is 13.8 Å². The van der Waals surface area contributed by atoms with Crippen LogP contribution in [0.1, 0.15) is 74.7 Å². The molecule has 2 rings (SSSR count). The molecule has 144 valence electrons. The van der Waals surface area contributed by atoms with Crippen LogP contribution in [0.3, 0.4) is 0 Å². The molecule has 4 heteroatoms. The quantitative estimate of drug-likeness (QED) is 0.478. The van der Waals surface area contributed by atoms with Gasteiger partial charge in [-0.05, 0) is 43.4 Å². The lowest BCUT2D eigenvalue weighted by Gasteiger charge is -2.31. The van der Waals surface area contributed by atoms with Crippen molar-refractivity contribution in [3.05, 3.63) is 35.4 Å². The first-order chi connectivity index (χ1) is 12.7. The summed E-state index contributed by atoms with van der Waals surface area (Å²) in [6.07, 6.45) is 8.15. The van der Waals surface area contributed by atoms with Crippen LogP contribution in [-0.2, 0) is 16.0 Å². The van der Waals surface area contributed by atoms with Gasteiger partial charge in [-0.2, -0.15) is 0 Å². The number of carbonyl (C=O) groups excluding carboxylic acids is 2. The molecular weight excluding hydrogens is 326 g/mol. The minimum Gasteiger partial charge on any atom is -0.465 e. The summed E-state index contributed by atoms with van der Waals surface area (Å²) in [5.74, 6) is -0.0764. The summed E-state index contributed by atoms with van der Waals surface area (Å²) in [4.78, 5) is 26.6. The molecule has 0 unspecified atom stereocenters. The maximum Gasteiger partial charge on any atom is 0.309 e. The van der Waals surface area contributed by atoms with Crippen LogP contribution in [0.2, 0.25) is 0 Å². The molecular formula is C22H33NO3. The molecule has 1 aromatic rings. The number of ether oxygens (including phenoxy) is 1. The summed E-state index contributed by atoms with van der Waals surface area (Å²) in [5.41, 5.74) is 1.97. The highest BCUT2D eigenvalue weighted by Crippen LogP contribution is 2.21. The Kier molecular flexibility index (Phi) is 8.66. The van der Waals surface area contributed by atoms with Crippen molar-refractivity contribution in [2.75, 3.05) is 19.7 Å². The van der Waals surface area contributed by atoms with Gasteiger partial charge in [0.05, 0.1) is 12.5 Å². The second kappa shape index (κ2) is 11.0.